The maximum atomic E-state index is 5.23. The van der Waals surface area contributed by atoms with E-state index in [1.54, 1.807) is 17.2 Å². The number of benzene rings is 1. The second-order valence-corrected chi connectivity index (χ2v) is 2.51. The van der Waals surface area contributed by atoms with Crippen LogP contribution in [0.25, 0.3) is 5.69 Å². The van der Waals surface area contributed by atoms with E-state index in [-0.39, 0.29) is 0 Å². The molecule has 0 radical (unpaired) electrons. The van der Waals surface area contributed by atoms with Gasteiger partial charge in [0.25, 0.3) is 0 Å². The molecule has 3 N–H and O–H groups in total. The van der Waals surface area contributed by atoms with Crippen molar-refractivity contribution in [2.45, 2.75) is 0 Å². The van der Waals surface area contributed by atoms with Gasteiger partial charge in [-0.15, -0.1) is 0 Å². The third kappa shape index (κ3) is 1.50. The maximum absolute atomic E-state index is 5.23. The molecule has 13 heavy (non-hydrogen) atoms. The van der Waals surface area contributed by atoms with Gasteiger partial charge in [-0.1, -0.05) is 0 Å². The second kappa shape index (κ2) is 3.24. The number of aromatic nitrogens is 3. The predicted molar refractivity (Wildman–Crippen MR) is 49.2 cm³/mol. The predicted octanol–water partition coefficient (Wildman–Crippen LogP) is 0.553. The molecule has 0 aliphatic carbocycles. The first-order chi connectivity index (χ1) is 6.40. The SMILES string of the molecule is NNc1ccc(-n2nccn2)cc1. The van der Waals surface area contributed by atoms with Crippen molar-refractivity contribution in [3.63, 3.8) is 0 Å². The third-order valence-corrected chi connectivity index (χ3v) is 1.68. The van der Waals surface area contributed by atoms with Crippen molar-refractivity contribution in [3.05, 3.63) is 36.7 Å². The van der Waals surface area contributed by atoms with Crippen LogP contribution in [0.4, 0.5) is 5.69 Å². The monoisotopic (exact) mass is 175 g/mol. The second-order valence-electron chi connectivity index (χ2n) is 2.51. The van der Waals surface area contributed by atoms with Crippen LogP contribution in [0.3, 0.4) is 0 Å². The van der Waals surface area contributed by atoms with E-state index in [9.17, 15) is 0 Å². The van der Waals surface area contributed by atoms with Crippen molar-refractivity contribution in [2.24, 2.45) is 5.84 Å². The van der Waals surface area contributed by atoms with Crippen molar-refractivity contribution in [1.82, 2.24) is 15.0 Å². The van der Waals surface area contributed by atoms with Gasteiger partial charge in [0.05, 0.1) is 18.1 Å². The normalized spacial score (nSPS) is 9.92. The molecule has 0 amide bonds. The lowest BCUT2D eigenvalue weighted by Crippen LogP contribution is -2.06. The first-order valence-corrected chi connectivity index (χ1v) is 3.83. The molecule has 0 saturated carbocycles. The highest BCUT2D eigenvalue weighted by Gasteiger charge is 1.95. The number of nitrogens with one attached hydrogen (secondary N) is 1. The summed E-state index contributed by atoms with van der Waals surface area (Å²) >= 11 is 0. The van der Waals surface area contributed by atoms with Crippen LogP contribution in [-0.4, -0.2) is 15.0 Å². The van der Waals surface area contributed by atoms with Gasteiger partial charge < -0.3 is 5.43 Å². The summed E-state index contributed by atoms with van der Waals surface area (Å²) in [6.07, 6.45) is 3.27. The molecule has 1 heterocycles. The highest BCUT2D eigenvalue weighted by atomic mass is 15.5. The van der Waals surface area contributed by atoms with Crippen molar-refractivity contribution in [3.8, 4) is 5.69 Å². The quantitative estimate of drug-likeness (QED) is 0.516. The molecule has 0 spiro atoms. The number of anilines is 1. The van der Waals surface area contributed by atoms with E-state index in [0.717, 1.165) is 11.4 Å². The number of hydrogen-bond acceptors (Lipinski definition) is 4. The van der Waals surface area contributed by atoms with Gasteiger partial charge in [0, 0.05) is 5.69 Å². The number of nitrogen functional groups attached to an aromatic ring is 1. The van der Waals surface area contributed by atoms with Gasteiger partial charge in [-0.2, -0.15) is 15.0 Å². The summed E-state index contributed by atoms with van der Waals surface area (Å²) < 4.78 is 0. The molecule has 0 aliphatic heterocycles. The largest absolute Gasteiger partial charge is 0.324 e. The van der Waals surface area contributed by atoms with Crippen LogP contribution in [0.15, 0.2) is 36.7 Å². The Labute approximate surface area is 75.1 Å². The van der Waals surface area contributed by atoms with Gasteiger partial charge in [-0.3, -0.25) is 5.84 Å². The molecule has 0 bridgehead atoms. The molecule has 2 aromatic rings. The zero-order chi connectivity index (χ0) is 9.10. The number of rotatable bonds is 2. The fourth-order valence-corrected chi connectivity index (χ4v) is 1.04. The molecular formula is C8H9N5. The zero-order valence-electron chi connectivity index (χ0n) is 6.88. The van der Waals surface area contributed by atoms with E-state index >= 15 is 0 Å². The van der Waals surface area contributed by atoms with Crippen LogP contribution < -0.4 is 11.3 Å². The summed E-state index contributed by atoms with van der Waals surface area (Å²) in [5.74, 6) is 5.23. The number of hydrazine groups is 1. The minimum atomic E-state index is 0.857. The van der Waals surface area contributed by atoms with Gasteiger partial charge >= 0.3 is 0 Å². The highest BCUT2D eigenvalue weighted by molar-refractivity contribution is 5.46. The average Bonchev–Trinajstić information content (AvgIpc) is 2.71. The summed E-state index contributed by atoms with van der Waals surface area (Å²) in [6.45, 7) is 0. The molecule has 66 valence electrons. The summed E-state index contributed by atoms with van der Waals surface area (Å²) in [5.41, 5.74) is 4.31. The Bertz CT molecular complexity index is 364. The first kappa shape index (κ1) is 7.75. The molecule has 0 atom stereocenters. The van der Waals surface area contributed by atoms with E-state index in [4.69, 9.17) is 5.84 Å². The molecule has 0 saturated heterocycles. The van der Waals surface area contributed by atoms with Gasteiger partial charge in [-0.25, -0.2) is 0 Å². The molecule has 5 heteroatoms. The molecule has 2 rings (SSSR count). The maximum Gasteiger partial charge on any atom is 0.0858 e. The lowest BCUT2D eigenvalue weighted by atomic mass is 10.3. The van der Waals surface area contributed by atoms with Crippen molar-refractivity contribution in [1.29, 1.82) is 0 Å². The summed E-state index contributed by atoms with van der Waals surface area (Å²) in [4.78, 5) is 1.54. The van der Waals surface area contributed by atoms with Crippen LogP contribution in [0.1, 0.15) is 0 Å². The van der Waals surface area contributed by atoms with Gasteiger partial charge in [-0.05, 0) is 24.3 Å². The highest BCUT2D eigenvalue weighted by Crippen LogP contribution is 2.09. The van der Waals surface area contributed by atoms with E-state index in [2.05, 4.69) is 15.6 Å². The standard InChI is InChI=1S/C8H9N5/c9-12-7-1-3-8(4-2-7)13-10-5-6-11-13/h1-6,12H,9H2. The van der Waals surface area contributed by atoms with Crippen LogP contribution >= 0.6 is 0 Å². The van der Waals surface area contributed by atoms with E-state index < -0.39 is 0 Å². The molecule has 1 aromatic carbocycles. The minimum absolute atomic E-state index is 0.857. The minimum Gasteiger partial charge on any atom is -0.324 e. The van der Waals surface area contributed by atoms with Gasteiger partial charge in [0.15, 0.2) is 0 Å². The Morgan fingerprint density at radius 1 is 1.08 bits per heavy atom. The molecule has 5 nitrogen and oxygen atoms in total. The Kier molecular flexibility index (Phi) is 1.93. The van der Waals surface area contributed by atoms with Crippen molar-refractivity contribution in [2.75, 3.05) is 5.43 Å². The smallest absolute Gasteiger partial charge is 0.0858 e. The Morgan fingerprint density at radius 3 is 2.23 bits per heavy atom. The molecule has 0 aliphatic rings. The lowest BCUT2D eigenvalue weighted by molar-refractivity contribution is 0.752. The number of nitrogens with two attached hydrogens (primary N) is 1. The summed E-state index contributed by atoms with van der Waals surface area (Å²) in [6, 6.07) is 7.49. The molecule has 1 aromatic heterocycles. The van der Waals surface area contributed by atoms with Crippen molar-refractivity contribution >= 4 is 5.69 Å². The van der Waals surface area contributed by atoms with Crippen LogP contribution in [0.5, 0.6) is 0 Å². The van der Waals surface area contributed by atoms with Crippen LogP contribution in [0, 0.1) is 0 Å². The van der Waals surface area contributed by atoms with Crippen LogP contribution in [-0.2, 0) is 0 Å². The van der Waals surface area contributed by atoms with Crippen LogP contribution in [0.2, 0.25) is 0 Å². The summed E-state index contributed by atoms with van der Waals surface area (Å²) in [5, 5.41) is 7.99. The van der Waals surface area contributed by atoms with E-state index in [0.29, 0.717) is 0 Å². The van der Waals surface area contributed by atoms with Gasteiger partial charge in [0.1, 0.15) is 0 Å². The number of nitrogens with zero attached hydrogens (tertiary/aromatic N) is 3. The van der Waals surface area contributed by atoms with E-state index in [1.807, 2.05) is 24.3 Å². The molecule has 0 unspecified atom stereocenters. The fourth-order valence-electron chi connectivity index (χ4n) is 1.04. The average molecular weight is 175 g/mol. The fraction of sp³-hybridized carbons (Fsp3) is 0. The third-order valence-electron chi connectivity index (χ3n) is 1.68. The Morgan fingerprint density at radius 2 is 1.69 bits per heavy atom. The lowest BCUT2D eigenvalue weighted by Gasteiger charge is -2.01. The Hall–Kier alpha value is -1.88. The molecule has 0 fully saturated rings. The van der Waals surface area contributed by atoms with Crippen molar-refractivity contribution < 1.29 is 0 Å². The summed E-state index contributed by atoms with van der Waals surface area (Å²) in [7, 11) is 0. The van der Waals surface area contributed by atoms with Gasteiger partial charge in [0.2, 0.25) is 0 Å². The topological polar surface area (TPSA) is 68.8 Å². The Balaban J connectivity index is 2.33. The number of hydrogen-bond donors (Lipinski definition) is 2. The van der Waals surface area contributed by atoms with E-state index in [1.165, 1.54) is 0 Å². The zero-order valence-corrected chi connectivity index (χ0v) is 6.88. The molecular weight excluding hydrogens is 166 g/mol. The first-order valence-electron chi connectivity index (χ1n) is 3.83.